The molecule has 0 radical (unpaired) electrons. The molecule has 0 bridgehead atoms. The van der Waals surface area contributed by atoms with E-state index < -0.39 is 0 Å². The summed E-state index contributed by atoms with van der Waals surface area (Å²) in [5, 5.41) is 4.24. The van der Waals surface area contributed by atoms with E-state index in [0.29, 0.717) is 6.04 Å². The highest BCUT2D eigenvalue weighted by molar-refractivity contribution is 5.94. The molecule has 0 N–H and O–H groups in total. The first-order chi connectivity index (χ1) is 12.7. The fraction of sp³-hybridized carbons (Fsp3) is 0.273. The number of amides is 1. The zero-order valence-corrected chi connectivity index (χ0v) is 15.0. The molecule has 1 fully saturated rings. The Hall–Kier alpha value is -2.88. The lowest BCUT2D eigenvalue weighted by Gasteiger charge is -2.24. The maximum Gasteiger partial charge on any atom is 0.253 e. The first kappa shape index (κ1) is 16.6. The van der Waals surface area contributed by atoms with Gasteiger partial charge < -0.3 is 4.90 Å². The van der Waals surface area contributed by atoms with Crippen molar-refractivity contribution in [2.45, 2.75) is 31.7 Å². The normalized spacial score (nSPS) is 14.5. The van der Waals surface area contributed by atoms with Crippen LogP contribution in [-0.4, -0.2) is 33.7 Å². The average Bonchev–Trinajstić information content (AvgIpc) is 3.41. The highest BCUT2D eigenvalue weighted by Crippen LogP contribution is 2.25. The molecule has 1 aliphatic rings. The van der Waals surface area contributed by atoms with Crippen LogP contribution in [-0.2, 0) is 0 Å². The standard InChI is InChI=1S/C22H23N3O/c1-24(20-5-2-3-6-20)22(26)19-9-7-17(8-10-19)18-11-13-21(14-12-18)25-16-4-15-23-25/h4,7-16,20H,2-3,5-6H2,1H3. The third-order valence-electron chi connectivity index (χ3n) is 5.29. The van der Waals surface area contributed by atoms with Crippen LogP contribution in [0.4, 0.5) is 0 Å². The van der Waals surface area contributed by atoms with Gasteiger partial charge in [0.05, 0.1) is 5.69 Å². The van der Waals surface area contributed by atoms with Crippen LogP contribution in [0.15, 0.2) is 67.0 Å². The van der Waals surface area contributed by atoms with E-state index in [9.17, 15) is 4.79 Å². The minimum Gasteiger partial charge on any atom is -0.339 e. The van der Waals surface area contributed by atoms with Crippen LogP contribution in [0.25, 0.3) is 16.8 Å². The van der Waals surface area contributed by atoms with Crippen LogP contribution >= 0.6 is 0 Å². The maximum atomic E-state index is 12.7. The topological polar surface area (TPSA) is 38.1 Å². The predicted octanol–water partition coefficient (Wildman–Crippen LogP) is 4.55. The van der Waals surface area contributed by atoms with Crippen molar-refractivity contribution in [2.75, 3.05) is 7.05 Å². The molecule has 1 heterocycles. The lowest BCUT2D eigenvalue weighted by molar-refractivity contribution is 0.0735. The largest absolute Gasteiger partial charge is 0.339 e. The SMILES string of the molecule is CN(C(=O)c1ccc(-c2ccc(-n3cccn3)cc2)cc1)C1CCCC1. The second-order valence-electron chi connectivity index (χ2n) is 6.93. The van der Waals surface area contributed by atoms with Crippen molar-refractivity contribution in [3.8, 4) is 16.8 Å². The Labute approximate surface area is 154 Å². The predicted molar refractivity (Wildman–Crippen MR) is 103 cm³/mol. The number of carbonyl (C=O) groups is 1. The molecule has 4 heteroatoms. The molecule has 4 rings (SSSR count). The summed E-state index contributed by atoms with van der Waals surface area (Å²) in [5.74, 6) is 0.123. The molecule has 3 aromatic rings. The summed E-state index contributed by atoms with van der Waals surface area (Å²) in [6.07, 6.45) is 8.42. The number of benzene rings is 2. The van der Waals surface area contributed by atoms with Crippen molar-refractivity contribution in [1.82, 2.24) is 14.7 Å². The van der Waals surface area contributed by atoms with Crippen LogP contribution in [0.1, 0.15) is 36.0 Å². The summed E-state index contributed by atoms with van der Waals surface area (Å²) >= 11 is 0. The quantitative estimate of drug-likeness (QED) is 0.695. The molecular weight excluding hydrogens is 322 g/mol. The Morgan fingerprint density at radius 2 is 1.62 bits per heavy atom. The van der Waals surface area contributed by atoms with Gasteiger partial charge in [0.1, 0.15) is 0 Å². The fourth-order valence-corrected chi connectivity index (χ4v) is 3.69. The van der Waals surface area contributed by atoms with Crippen molar-refractivity contribution < 1.29 is 4.79 Å². The van der Waals surface area contributed by atoms with Gasteiger partial charge in [-0.05, 0) is 54.3 Å². The third kappa shape index (κ3) is 3.27. The van der Waals surface area contributed by atoms with Crippen LogP contribution in [0, 0.1) is 0 Å². The van der Waals surface area contributed by atoms with Crippen LogP contribution in [0.3, 0.4) is 0 Å². The molecule has 1 aliphatic carbocycles. The monoisotopic (exact) mass is 345 g/mol. The highest BCUT2D eigenvalue weighted by Gasteiger charge is 2.24. The maximum absolute atomic E-state index is 12.7. The third-order valence-corrected chi connectivity index (χ3v) is 5.29. The smallest absolute Gasteiger partial charge is 0.253 e. The molecule has 0 aliphatic heterocycles. The summed E-state index contributed by atoms with van der Waals surface area (Å²) in [5.41, 5.74) is 4.03. The van der Waals surface area contributed by atoms with E-state index in [0.717, 1.165) is 35.2 Å². The van der Waals surface area contributed by atoms with Gasteiger partial charge in [0.2, 0.25) is 0 Å². The molecule has 0 saturated heterocycles. The molecule has 1 aromatic heterocycles. The van der Waals surface area contributed by atoms with Gasteiger partial charge >= 0.3 is 0 Å². The van der Waals surface area contributed by atoms with Gasteiger partial charge in [-0.3, -0.25) is 4.79 Å². The fourth-order valence-electron chi connectivity index (χ4n) is 3.69. The van der Waals surface area contributed by atoms with Gasteiger partial charge in [-0.25, -0.2) is 4.68 Å². The van der Waals surface area contributed by atoms with Crippen molar-refractivity contribution in [3.63, 3.8) is 0 Å². The first-order valence-electron chi connectivity index (χ1n) is 9.20. The Morgan fingerprint density at radius 3 is 2.19 bits per heavy atom. The zero-order valence-electron chi connectivity index (χ0n) is 15.0. The summed E-state index contributed by atoms with van der Waals surface area (Å²) in [6, 6.07) is 18.5. The van der Waals surface area contributed by atoms with E-state index >= 15 is 0 Å². The Balaban J connectivity index is 1.49. The summed E-state index contributed by atoms with van der Waals surface area (Å²) in [6.45, 7) is 0. The van der Waals surface area contributed by atoms with Crippen molar-refractivity contribution in [1.29, 1.82) is 0 Å². The number of hydrogen-bond donors (Lipinski definition) is 0. The number of carbonyl (C=O) groups excluding carboxylic acids is 1. The van der Waals surface area contributed by atoms with E-state index in [1.54, 1.807) is 6.20 Å². The van der Waals surface area contributed by atoms with Crippen LogP contribution in [0.2, 0.25) is 0 Å². The molecular formula is C22H23N3O. The molecule has 26 heavy (non-hydrogen) atoms. The van der Waals surface area contributed by atoms with E-state index in [2.05, 4.69) is 29.4 Å². The van der Waals surface area contributed by atoms with E-state index in [1.807, 2.05) is 53.2 Å². The number of aromatic nitrogens is 2. The Kier molecular flexibility index (Phi) is 4.57. The van der Waals surface area contributed by atoms with Gasteiger partial charge in [-0.1, -0.05) is 37.1 Å². The second-order valence-corrected chi connectivity index (χ2v) is 6.93. The summed E-state index contributed by atoms with van der Waals surface area (Å²) < 4.78 is 1.84. The van der Waals surface area contributed by atoms with E-state index in [4.69, 9.17) is 0 Å². The lowest BCUT2D eigenvalue weighted by atomic mass is 10.0. The summed E-state index contributed by atoms with van der Waals surface area (Å²) in [4.78, 5) is 14.6. The number of rotatable bonds is 4. The second kappa shape index (κ2) is 7.16. The van der Waals surface area contributed by atoms with Gasteiger partial charge in [0, 0.05) is 31.0 Å². The molecule has 0 atom stereocenters. The highest BCUT2D eigenvalue weighted by atomic mass is 16.2. The molecule has 0 unspecified atom stereocenters. The summed E-state index contributed by atoms with van der Waals surface area (Å²) in [7, 11) is 1.93. The minimum absolute atomic E-state index is 0.123. The Bertz CT molecular complexity index is 861. The average molecular weight is 345 g/mol. The van der Waals surface area contributed by atoms with Gasteiger partial charge in [-0.15, -0.1) is 0 Å². The molecule has 2 aromatic carbocycles. The number of nitrogens with zero attached hydrogens (tertiary/aromatic N) is 3. The van der Waals surface area contributed by atoms with Crippen molar-refractivity contribution >= 4 is 5.91 Å². The zero-order chi connectivity index (χ0) is 17.9. The molecule has 1 amide bonds. The van der Waals surface area contributed by atoms with Crippen molar-refractivity contribution in [2.24, 2.45) is 0 Å². The van der Waals surface area contributed by atoms with Gasteiger partial charge in [0.25, 0.3) is 5.91 Å². The van der Waals surface area contributed by atoms with Crippen LogP contribution in [0.5, 0.6) is 0 Å². The molecule has 4 nitrogen and oxygen atoms in total. The first-order valence-corrected chi connectivity index (χ1v) is 9.20. The number of hydrogen-bond acceptors (Lipinski definition) is 2. The lowest BCUT2D eigenvalue weighted by Crippen LogP contribution is -2.35. The minimum atomic E-state index is 0.123. The van der Waals surface area contributed by atoms with Crippen LogP contribution < -0.4 is 0 Å². The van der Waals surface area contributed by atoms with Gasteiger partial charge in [-0.2, -0.15) is 5.10 Å². The van der Waals surface area contributed by atoms with Crippen molar-refractivity contribution in [3.05, 3.63) is 72.6 Å². The Morgan fingerprint density at radius 1 is 1.00 bits per heavy atom. The molecule has 1 saturated carbocycles. The van der Waals surface area contributed by atoms with E-state index in [-0.39, 0.29) is 5.91 Å². The van der Waals surface area contributed by atoms with E-state index in [1.165, 1.54) is 12.8 Å². The molecule has 132 valence electrons. The molecule has 0 spiro atoms. The van der Waals surface area contributed by atoms with Gasteiger partial charge in [0.15, 0.2) is 0 Å².